The summed E-state index contributed by atoms with van der Waals surface area (Å²) in [4.78, 5) is 14.9. The van der Waals surface area contributed by atoms with Crippen molar-refractivity contribution < 1.29 is 9.53 Å². The highest BCUT2D eigenvalue weighted by atomic mass is 35.5. The SMILES string of the molecule is COc1ccc([C@H]2CCCCCN2CC(=O)Nc2c(Cl)cccc2Cl)cc1. The van der Waals surface area contributed by atoms with E-state index in [-0.39, 0.29) is 11.9 Å². The van der Waals surface area contributed by atoms with E-state index in [0.717, 1.165) is 31.6 Å². The molecule has 4 nitrogen and oxygen atoms in total. The Kier molecular flexibility index (Phi) is 7.00. The number of hydrogen-bond donors (Lipinski definition) is 1. The molecule has 3 rings (SSSR count). The molecule has 0 aliphatic carbocycles. The van der Waals surface area contributed by atoms with E-state index in [4.69, 9.17) is 27.9 Å². The number of hydrogen-bond acceptors (Lipinski definition) is 3. The van der Waals surface area contributed by atoms with Crippen molar-refractivity contribution in [3.05, 3.63) is 58.1 Å². The van der Waals surface area contributed by atoms with Crippen LogP contribution in [0.15, 0.2) is 42.5 Å². The van der Waals surface area contributed by atoms with E-state index >= 15 is 0 Å². The first-order valence-corrected chi connectivity index (χ1v) is 9.96. The van der Waals surface area contributed by atoms with Crippen LogP contribution in [0.5, 0.6) is 5.75 Å². The fraction of sp³-hybridized carbons (Fsp3) is 0.381. The van der Waals surface area contributed by atoms with Crippen molar-refractivity contribution in [1.29, 1.82) is 0 Å². The molecule has 1 aliphatic rings. The van der Waals surface area contributed by atoms with Crippen LogP contribution in [0.3, 0.4) is 0 Å². The molecular formula is C21H24Cl2N2O2. The van der Waals surface area contributed by atoms with E-state index in [1.54, 1.807) is 25.3 Å². The van der Waals surface area contributed by atoms with E-state index in [2.05, 4.69) is 22.3 Å². The number of nitrogens with zero attached hydrogens (tertiary/aromatic N) is 1. The van der Waals surface area contributed by atoms with Gasteiger partial charge in [0.1, 0.15) is 5.75 Å². The molecule has 0 unspecified atom stereocenters. The lowest BCUT2D eigenvalue weighted by molar-refractivity contribution is -0.117. The normalized spacial score (nSPS) is 18.0. The zero-order valence-electron chi connectivity index (χ0n) is 15.4. The maximum Gasteiger partial charge on any atom is 0.238 e. The van der Waals surface area contributed by atoms with Gasteiger partial charge in [0.05, 0.1) is 29.4 Å². The highest BCUT2D eigenvalue weighted by molar-refractivity contribution is 6.39. The molecule has 1 aliphatic heterocycles. The van der Waals surface area contributed by atoms with Crippen LogP contribution in [-0.4, -0.2) is 31.0 Å². The number of carbonyl (C=O) groups is 1. The first kappa shape index (κ1) is 20.0. The van der Waals surface area contributed by atoms with Gasteiger partial charge in [0.15, 0.2) is 0 Å². The van der Waals surface area contributed by atoms with E-state index in [0.29, 0.717) is 22.3 Å². The number of halogens is 2. The second kappa shape index (κ2) is 9.45. The maximum absolute atomic E-state index is 12.7. The summed E-state index contributed by atoms with van der Waals surface area (Å²) in [6.45, 7) is 1.19. The molecule has 0 aromatic heterocycles. The third-order valence-electron chi connectivity index (χ3n) is 4.94. The predicted octanol–water partition coefficient (Wildman–Crippen LogP) is 5.56. The van der Waals surface area contributed by atoms with Crippen LogP contribution in [0.2, 0.25) is 10.0 Å². The molecule has 0 radical (unpaired) electrons. The topological polar surface area (TPSA) is 41.6 Å². The van der Waals surface area contributed by atoms with Gasteiger partial charge in [0.25, 0.3) is 0 Å². The Hall–Kier alpha value is -1.75. The Morgan fingerprint density at radius 1 is 1.11 bits per heavy atom. The van der Waals surface area contributed by atoms with Crippen LogP contribution in [0.4, 0.5) is 5.69 Å². The van der Waals surface area contributed by atoms with Crippen molar-refractivity contribution in [2.75, 3.05) is 25.5 Å². The summed E-state index contributed by atoms with van der Waals surface area (Å²) in [6.07, 6.45) is 4.46. The molecule has 6 heteroatoms. The van der Waals surface area contributed by atoms with Gasteiger partial charge in [0, 0.05) is 6.04 Å². The number of para-hydroxylation sites is 1. The molecule has 1 fully saturated rings. The molecule has 0 bridgehead atoms. The summed E-state index contributed by atoms with van der Waals surface area (Å²) in [5.74, 6) is 0.732. The Morgan fingerprint density at radius 3 is 2.48 bits per heavy atom. The van der Waals surface area contributed by atoms with E-state index < -0.39 is 0 Å². The quantitative estimate of drug-likeness (QED) is 0.706. The molecule has 0 spiro atoms. The number of carbonyl (C=O) groups excluding carboxylic acids is 1. The van der Waals surface area contributed by atoms with Gasteiger partial charge in [-0.3, -0.25) is 9.69 Å². The van der Waals surface area contributed by atoms with Crippen LogP contribution >= 0.6 is 23.2 Å². The Labute approximate surface area is 170 Å². The molecule has 0 saturated carbocycles. The number of likely N-dealkylation sites (tertiary alicyclic amines) is 1. The lowest BCUT2D eigenvalue weighted by Gasteiger charge is -2.30. The maximum atomic E-state index is 12.7. The van der Waals surface area contributed by atoms with Gasteiger partial charge >= 0.3 is 0 Å². The molecule has 2 aromatic rings. The Morgan fingerprint density at radius 2 is 1.81 bits per heavy atom. The van der Waals surface area contributed by atoms with Gasteiger partial charge < -0.3 is 10.1 Å². The summed E-state index contributed by atoms with van der Waals surface area (Å²) >= 11 is 12.3. The number of rotatable bonds is 5. The highest BCUT2D eigenvalue weighted by Crippen LogP contribution is 2.32. The van der Waals surface area contributed by atoms with Crippen molar-refractivity contribution >= 4 is 34.8 Å². The van der Waals surface area contributed by atoms with E-state index in [1.165, 1.54) is 12.0 Å². The average Bonchev–Trinajstić information content (AvgIpc) is 2.90. The first-order valence-electron chi connectivity index (χ1n) is 9.20. The van der Waals surface area contributed by atoms with Crippen LogP contribution in [0.1, 0.15) is 37.3 Å². The molecule has 27 heavy (non-hydrogen) atoms. The number of anilines is 1. The van der Waals surface area contributed by atoms with E-state index in [1.807, 2.05) is 12.1 Å². The number of amides is 1. The average molecular weight is 407 g/mol. The fourth-order valence-electron chi connectivity index (χ4n) is 3.54. The second-order valence-electron chi connectivity index (χ2n) is 6.75. The zero-order chi connectivity index (χ0) is 19.2. The van der Waals surface area contributed by atoms with Crippen LogP contribution in [0.25, 0.3) is 0 Å². The van der Waals surface area contributed by atoms with Gasteiger partial charge in [0.2, 0.25) is 5.91 Å². The summed E-state index contributed by atoms with van der Waals surface area (Å²) in [6, 6.07) is 13.5. The predicted molar refractivity (Wildman–Crippen MR) is 111 cm³/mol. The van der Waals surface area contributed by atoms with Crippen molar-refractivity contribution in [3.63, 3.8) is 0 Å². The van der Waals surface area contributed by atoms with Crippen molar-refractivity contribution in [2.24, 2.45) is 0 Å². The minimum absolute atomic E-state index is 0.106. The largest absolute Gasteiger partial charge is 0.497 e. The number of nitrogens with one attached hydrogen (secondary N) is 1. The van der Waals surface area contributed by atoms with Gasteiger partial charge in [-0.1, -0.05) is 54.2 Å². The Bertz CT molecular complexity index is 760. The lowest BCUT2D eigenvalue weighted by atomic mass is 10.0. The van der Waals surface area contributed by atoms with Gasteiger partial charge in [-0.05, 0) is 49.2 Å². The summed E-state index contributed by atoms with van der Waals surface area (Å²) in [5, 5.41) is 3.76. The van der Waals surface area contributed by atoms with Crippen molar-refractivity contribution in [3.8, 4) is 5.75 Å². The van der Waals surface area contributed by atoms with Gasteiger partial charge in [-0.15, -0.1) is 0 Å². The fourth-order valence-corrected chi connectivity index (χ4v) is 4.03. The molecule has 1 saturated heterocycles. The highest BCUT2D eigenvalue weighted by Gasteiger charge is 2.25. The first-order chi connectivity index (χ1) is 13.1. The van der Waals surface area contributed by atoms with Gasteiger partial charge in [-0.25, -0.2) is 0 Å². The molecule has 1 heterocycles. The number of methoxy groups -OCH3 is 1. The van der Waals surface area contributed by atoms with Crippen molar-refractivity contribution in [2.45, 2.75) is 31.7 Å². The molecule has 144 valence electrons. The molecular weight excluding hydrogens is 383 g/mol. The summed E-state index contributed by atoms with van der Waals surface area (Å²) in [5.41, 5.74) is 1.68. The molecule has 1 amide bonds. The summed E-state index contributed by atoms with van der Waals surface area (Å²) < 4.78 is 5.26. The number of benzene rings is 2. The van der Waals surface area contributed by atoms with E-state index in [9.17, 15) is 4.79 Å². The lowest BCUT2D eigenvalue weighted by Crippen LogP contribution is -2.36. The molecule has 1 N–H and O–H groups in total. The third kappa shape index (κ3) is 5.16. The monoisotopic (exact) mass is 406 g/mol. The van der Waals surface area contributed by atoms with Crippen molar-refractivity contribution in [1.82, 2.24) is 4.90 Å². The Balaban J connectivity index is 1.74. The molecule has 2 aromatic carbocycles. The minimum atomic E-state index is -0.106. The van der Waals surface area contributed by atoms with Gasteiger partial charge in [-0.2, -0.15) is 0 Å². The zero-order valence-corrected chi connectivity index (χ0v) is 16.9. The third-order valence-corrected chi connectivity index (χ3v) is 5.57. The van der Waals surface area contributed by atoms with Crippen LogP contribution < -0.4 is 10.1 Å². The second-order valence-corrected chi connectivity index (χ2v) is 7.57. The standard InChI is InChI=1S/C21H24Cl2N2O2/c1-27-16-11-9-15(10-12-16)19-8-3-2-4-13-25(19)14-20(26)24-21-17(22)6-5-7-18(21)23/h5-7,9-12,19H,2-4,8,13-14H2,1H3,(H,24,26)/t19-/m1/s1. The summed E-state index contributed by atoms with van der Waals surface area (Å²) in [7, 11) is 1.66. The van der Waals surface area contributed by atoms with Crippen LogP contribution in [0, 0.1) is 0 Å². The van der Waals surface area contributed by atoms with Crippen LogP contribution in [-0.2, 0) is 4.79 Å². The number of ether oxygens (including phenoxy) is 1. The molecule has 1 atom stereocenters. The smallest absolute Gasteiger partial charge is 0.238 e. The minimum Gasteiger partial charge on any atom is -0.497 e.